The highest BCUT2D eigenvalue weighted by Gasteiger charge is 2.15. The van der Waals surface area contributed by atoms with Crippen LogP contribution in [0.5, 0.6) is 0 Å². The van der Waals surface area contributed by atoms with E-state index in [1.165, 1.54) is 23.1 Å². The molecule has 0 radical (unpaired) electrons. The van der Waals surface area contributed by atoms with Crippen molar-refractivity contribution in [3.63, 3.8) is 0 Å². The Morgan fingerprint density at radius 2 is 2.23 bits per heavy atom. The van der Waals surface area contributed by atoms with Crippen LogP contribution in [0.1, 0.15) is 5.56 Å². The lowest BCUT2D eigenvalue weighted by atomic mass is 10.2. The quantitative estimate of drug-likeness (QED) is 0.382. The van der Waals surface area contributed by atoms with E-state index in [0.29, 0.717) is 28.5 Å². The molecule has 136 valence electrons. The Morgan fingerprint density at radius 1 is 1.38 bits per heavy atom. The number of aryl methyl sites for hydroxylation is 1. The first-order valence-electron chi connectivity index (χ1n) is 8.06. The molecule has 0 atom stereocenters. The Hall–Kier alpha value is -2.16. The summed E-state index contributed by atoms with van der Waals surface area (Å²) in [6.45, 7) is 2.89. The zero-order chi connectivity index (χ0) is 18.5. The largest absolute Gasteiger partial charge is 0.383 e. The van der Waals surface area contributed by atoms with E-state index >= 15 is 0 Å². The summed E-state index contributed by atoms with van der Waals surface area (Å²) in [6, 6.07) is 9.51. The van der Waals surface area contributed by atoms with Crippen LogP contribution in [0.4, 0.5) is 0 Å². The van der Waals surface area contributed by atoms with E-state index in [2.05, 4.69) is 10.3 Å². The summed E-state index contributed by atoms with van der Waals surface area (Å²) in [5.41, 5.74) is 2.35. The molecular formula is C18H19N3O3S2. The number of benzene rings is 1. The van der Waals surface area contributed by atoms with E-state index in [1.54, 1.807) is 11.7 Å². The minimum atomic E-state index is -0.123. The molecule has 6 nitrogen and oxygen atoms in total. The molecule has 3 aromatic rings. The van der Waals surface area contributed by atoms with Gasteiger partial charge in [0.05, 0.1) is 23.6 Å². The predicted octanol–water partition coefficient (Wildman–Crippen LogP) is 2.61. The van der Waals surface area contributed by atoms with Crippen molar-refractivity contribution < 1.29 is 9.53 Å². The highest BCUT2D eigenvalue weighted by atomic mass is 32.2. The number of ether oxygens (including phenoxy) is 1. The first-order valence-corrected chi connectivity index (χ1v) is 9.92. The van der Waals surface area contributed by atoms with Crippen LogP contribution in [0.3, 0.4) is 0 Å². The van der Waals surface area contributed by atoms with Gasteiger partial charge >= 0.3 is 0 Å². The smallest absolute Gasteiger partial charge is 0.276 e. The number of hydrogen-bond donors (Lipinski definition) is 1. The number of fused-ring (bicyclic) bond motifs is 1. The van der Waals surface area contributed by atoms with Gasteiger partial charge in [0.1, 0.15) is 4.70 Å². The fourth-order valence-corrected chi connectivity index (χ4v) is 4.06. The molecule has 0 saturated heterocycles. The van der Waals surface area contributed by atoms with Gasteiger partial charge in [-0.05, 0) is 36.1 Å². The molecule has 26 heavy (non-hydrogen) atoms. The van der Waals surface area contributed by atoms with Crippen molar-refractivity contribution >= 4 is 39.2 Å². The van der Waals surface area contributed by atoms with Crippen molar-refractivity contribution in [2.24, 2.45) is 0 Å². The maximum absolute atomic E-state index is 13.0. The van der Waals surface area contributed by atoms with Gasteiger partial charge in [0.2, 0.25) is 5.91 Å². The van der Waals surface area contributed by atoms with Crippen molar-refractivity contribution in [3.8, 4) is 5.69 Å². The third-order valence-corrected chi connectivity index (χ3v) is 5.50. The summed E-state index contributed by atoms with van der Waals surface area (Å²) >= 11 is 2.63. The number of carbonyl (C=O) groups is 1. The molecule has 0 fully saturated rings. The van der Waals surface area contributed by atoms with Gasteiger partial charge in [0.25, 0.3) is 5.56 Å². The molecule has 8 heteroatoms. The van der Waals surface area contributed by atoms with Gasteiger partial charge < -0.3 is 10.1 Å². The number of thioether (sulfide) groups is 1. The molecule has 0 saturated carbocycles. The maximum atomic E-state index is 13.0. The van der Waals surface area contributed by atoms with Crippen LogP contribution in [-0.2, 0) is 9.53 Å². The van der Waals surface area contributed by atoms with Crippen molar-refractivity contribution in [2.75, 3.05) is 26.0 Å². The number of methoxy groups -OCH3 is 1. The normalized spacial score (nSPS) is 11.0. The van der Waals surface area contributed by atoms with Crippen molar-refractivity contribution in [1.29, 1.82) is 0 Å². The zero-order valence-electron chi connectivity index (χ0n) is 14.5. The van der Waals surface area contributed by atoms with Crippen LogP contribution in [0, 0.1) is 6.92 Å². The molecule has 0 aliphatic heterocycles. The summed E-state index contributed by atoms with van der Waals surface area (Å²) in [6.07, 6.45) is 0. The summed E-state index contributed by atoms with van der Waals surface area (Å²) in [7, 11) is 1.58. The molecule has 0 unspecified atom stereocenters. The van der Waals surface area contributed by atoms with Crippen molar-refractivity contribution in [2.45, 2.75) is 12.1 Å². The Morgan fingerprint density at radius 3 is 3.00 bits per heavy atom. The molecule has 1 amide bonds. The number of thiophene rings is 1. The number of nitrogens with zero attached hydrogens (tertiary/aromatic N) is 2. The molecule has 1 N–H and O–H groups in total. The lowest BCUT2D eigenvalue weighted by molar-refractivity contribution is -0.118. The summed E-state index contributed by atoms with van der Waals surface area (Å²) < 4.78 is 7.11. The second kappa shape index (κ2) is 8.48. The molecule has 2 heterocycles. The first-order chi connectivity index (χ1) is 12.6. The maximum Gasteiger partial charge on any atom is 0.276 e. The van der Waals surface area contributed by atoms with Crippen LogP contribution >= 0.6 is 23.1 Å². The molecule has 2 aromatic heterocycles. The third-order valence-electron chi connectivity index (χ3n) is 3.67. The molecule has 0 aliphatic carbocycles. The van der Waals surface area contributed by atoms with Crippen molar-refractivity contribution in [1.82, 2.24) is 14.9 Å². The second-order valence-corrected chi connectivity index (χ2v) is 7.50. The topological polar surface area (TPSA) is 73.2 Å². The van der Waals surface area contributed by atoms with Crippen LogP contribution < -0.4 is 10.9 Å². The molecule has 3 rings (SSSR count). The number of amides is 1. The van der Waals surface area contributed by atoms with E-state index in [-0.39, 0.29) is 17.2 Å². The van der Waals surface area contributed by atoms with Gasteiger partial charge in [0, 0.05) is 13.7 Å². The standard InChI is InChI=1S/C18H19N3O3S2/c1-12-4-3-5-13(10-12)21-17(23)16-14(6-9-25-16)20-18(21)26-11-15(22)19-7-8-24-2/h3-6,9-10H,7-8,11H2,1-2H3,(H,19,22). The molecule has 0 aliphatic rings. The van der Waals surface area contributed by atoms with Crippen LogP contribution in [0.2, 0.25) is 0 Å². The summed E-state index contributed by atoms with van der Waals surface area (Å²) in [5, 5.41) is 5.13. The zero-order valence-corrected chi connectivity index (χ0v) is 16.2. The number of hydrogen-bond acceptors (Lipinski definition) is 6. The summed E-state index contributed by atoms with van der Waals surface area (Å²) in [5.74, 6) is 0.0555. The van der Waals surface area contributed by atoms with E-state index in [1.807, 2.05) is 42.6 Å². The Bertz CT molecular complexity index is 981. The second-order valence-electron chi connectivity index (χ2n) is 5.64. The fraction of sp³-hybridized carbons (Fsp3) is 0.278. The highest BCUT2D eigenvalue weighted by molar-refractivity contribution is 7.99. The van der Waals surface area contributed by atoms with Gasteiger partial charge in [-0.1, -0.05) is 23.9 Å². The lowest BCUT2D eigenvalue weighted by Crippen LogP contribution is -2.29. The summed E-state index contributed by atoms with van der Waals surface area (Å²) in [4.78, 5) is 29.6. The van der Waals surface area contributed by atoms with E-state index in [4.69, 9.17) is 4.74 Å². The van der Waals surface area contributed by atoms with Crippen molar-refractivity contribution in [3.05, 3.63) is 51.6 Å². The average molecular weight is 390 g/mol. The van der Waals surface area contributed by atoms with E-state index in [0.717, 1.165) is 11.3 Å². The third kappa shape index (κ3) is 4.14. The predicted molar refractivity (Wildman–Crippen MR) is 106 cm³/mol. The van der Waals surface area contributed by atoms with Crippen LogP contribution in [-0.4, -0.2) is 41.5 Å². The van der Waals surface area contributed by atoms with Crippen LogP contribution in [0.25, 0.3) is 15.9 Å². The van der Waals surface area contributed by atoms with Gasteiger partial charge in [-0.15, -0.1) is 11.3 Å². The van der Waals surface area contributed by atoms with Crippen LogP contribution in [0.15, 0.2) is 45.7 Å². The Balaban J connectivity index is 1.94. The number of aromatic nitrogens is 2. The Labute approximate surface area is 159 Å². The fourth-order valence-electron chi connectivity index (χ4n) is 2.46. The lowest BCUT2D eigenvalue weighted by Gasteiger charge is -2.12. The van der Waals surface area contributed by atoms with E-state index < -0.39 is 0 Å². The first kappa shape index (κ1) is 18.6. The highest BCUT2D eigenvalue weighted by Crippen LogP contribution is 2.23. The SMILES string of the molecule is COCCNC(=O)CSc1nc2ccsc2c(=O)n1-c1cccc(C)c1. The number of nitrogens with one attached hydrogen (secondary N) is 1. The number of carbonyl (C=O) groups excluding carboxylic acids is 1. The molecule has 0 bridgehead atoms. The van der Waals surface area contributed by atoms with Gasteiger partial charge in [0.15, 0.2) is 5.16 Å². The Kier molecular flexibility index (Phi) is 6.08. The number of rotatable bonds is 7. The monoisotopic (exact) mass is 389 g/mol. The van der Waals surface area contributed by atoms with Gasteiger partial charge in [-0.2, -0.15) is 0 Å². The minimum Gasteiger partial charge on any atom is -0.383 e. The van der Waals surface area contributed by atoms with Gasteiger partial charge in [-0.25, -0.2) is 4.98 Å². The molecule has 1 aromatic carbocycles. The van der Waals surface area contributed by atoms with Gasteiger partial charge in [-0.3, -0.25) is 14.2 Å². The van der Waals surface area contributed by atoms with E-state index in [9.17, 15) is 9.59 Å². The minimum absolute atomic E-state index is 0.113. The molecular weight excluding hydrogens is 370 g/mol. The average Bonchev–Trinajstić information content (AvgIpc) is 3.09. The molecule has 0 spiro atoms.